The number of aromatic amines is 1. The van der Waals surface area contributed by atoms with E-state index in [2.05, 4.69) is 33.5 Å². The van der Waals surface area contributed by atoms with Gasteiger partial charge >= 0.3 is 0 Å². The van der Waals surface area contributed by atoms with Crippen LogP contribution in [0.2, 0.25) is 0 Å². The van der Waals surface area contributed by atoms with Crippen molar-refractivity contribution in [1.29, 1.82) is 0 Å². The standard InChI is InChI=1S/C15H21N3/c1-11-16-14-9-8-13(10-15(14)17-11)18-12-6-4-2-3-5-7-12/h8-10,12,18H,2-7H2,1H3,(H,16,17). The van der Waals surface area contributed by atoms with E-state index in [1.54, 1.807) is 0 Å². The van der Waals surface area contributed by atoms with Gasteiger partial charge in [0.2, 0.25) is 0 Å². The van der Waals surface area contributed by atoms with Gasteiger partial charge in [0.05, 0.1) is 11.0 Å². The van der Waals surface area contributed by atoms with Crippen LogP contribution in [-0.2, 0) is 0 Å². The fourth-order valence-electron chi connectivity index (χ4n) is 2.89. The molecule has 0 amide bonds. The monoisotopic (exact) mass is 243 g/mol. The minimum Gasteiger partial charge on any atom is -0.382 e. The Hall–Kier alpha value is -1.51. The Morgan fingerprint density at radius 2 is 1.94 bits per heavy atom. The van der Waals surface area contributed by atoms with E-state index in [1.165, 1.54) is 44.2 Å². The van der Waals surface area contributed by atoms with Crippen LogP contribution in [0.25, 0.3) is 11.0 Å². The maximum Gasteiger partial charge on any atom is 0.104 e. The second kappa shape index (κ2) is 5.01. The number of fused-ring (bicyclic) bond motifs is 1. The van der Waals surface area contributed by atoms with Gasteiger partial charge in [0.25, 0.3) is 0 Å². The van der Waals surface area contributed by atoms with Crippen LogP contribution in [0.3, 0.4) is 0 Å². The second-order valence-corrected chi connectivity index (χ2v) is 5.39. The van der Waals surface area contributed by atoms with Crippen LogP contribution in [0, 0.1) is 6.92 Å². The topological polar surface area (TPSA) is 40.7 Å². The summed E-state index contributed by atoms with van der Waals surface area (Å²) in [6.45, 7) is 2.00. The van der Waals surface area contributed by atoms with Crippen LogP contribution >= 0.6 is 0 Å². The van der Waals surface area contributed by atoms with Crippen molar-refractivity contribution in [2.24, 2.45) is 0 Å². The van der Waals surface area contributed by atoms with Gasteiger partial charge in [0.1, 0.15) is 5.82 Å². The fraction of sp³-hybridized carbons (Fsp3) is 0.533. The third kappa shape index (κ3) is 2.50. The smallest absolute Gasteiger partial charge is 0.104 e. The Kier molecular flexibility index (Phi) is 3.22. The highest BCUT2D eigenvalue weighted by Crippen LogP contribution is 2.23. The molecule has 1 fully saturated rings. The summed E-state index contributed by atoms with van der Waals surface area (Å²) >= 11 is 0. The third-order valence-corrected chi connectivity index (χ3v) is 3.83. The van der Waals surface area contributed by atoms with E-state index < -0.39 is 0 Å². The Labute approximate surface area is 108 Å². The van der Waals surface area contributed by atoms with Gasteiger partial charge in [0, 0.05) is 11.7 Å². The van der Waals surface area contributed by atoms with E-state index in [9.17, 15) is 0 Å². The van der Waals surface area contributed by atoms with Crippen molar-refractivity contribution in [2.75, 3.05) is 5.32 Å². The van der Waals surface area contributed by atoms with Gasteiger partial charge in [-0.25, -0.2) is 4.98 Å². The fourth-order valence-corrected chi connectivity index (χ4v) is 2.89. The number of imidazole rings is 1. The summed E-state index contributed by atoms with van der Waals surface area (Å²) in [6.07, 6.45) is 8.14. The molecule has 1 aliphatic carbocycles. The average molecular weight is 243 g/mol. The molecule has 0 saturated heterocycles. The normalized spacial score (nSPS) is 17.8. The summed E-state index contributed by atoms with van der Waals surface area (Å²) in [4.78, 5) is 7.73. The molecule has 0 bridgehead atoms. The van der Waals surface area contributed by atoms with Crippen molar-refractivity contribution >= 4 is 16.7 Å². The lowest BCUT2D eigenvalue weighted by atomic mass is 10.1. The van der Waals surface area contributed by atoms with Crippen LogP contribution in [-0.4, -0.2) is 16.0 Å². The molecular formula is C15H21N3. The molecule has 0 unspecified atom stereocenters. The molecule has 0 spiro atoms. The van der Waals surface area contributed by atoms with Gasteiger partial charge in [-0.1, -0.05) is 25.7 Å². The van der Waals surface area contributed by atoms with E-state index in [0.717, 1.165) is 16.9 Å². The lowest BCUT2D eigenvalue weighted by Crippen LogP contribution is -2.18. The molecule has 3 heteroatoms. The third-order valence-electron chi connectivity index (χ3n) is 3.83. The lowest BCUT2D eigenvalue weighted by Gasteiger charge is -2.17. The van der Waals surface area contributed by atoms with E-state index in [4.69, 9.17) is 0 Å². The summed E-state index contributed by atoms with van der Waals surface area (Å²) in [6, 6.07) is 7.07. The first-order valence-corrected chi connectivity index (χ1v) is 7.04. The van der Waals surface area contributed by atoms with E-state index in [0.29, 0.717) is 6.04 Å². The Balaban J connectivity index is 1.76. The SMILES string of the molecule is Cc1nc2ccc(NC3CCCCCC3)cc2[nH]1. The molecule has 1 aromatic carbocycles. The van der Waals surface area contributed by atoms with Crippen molar-refractivity contribution in [3.05, 3.63) is 24.0 Å². The van der Waals surface area contributed by atoms with Crippen LogP contribution in [0.15, 0.2) is 18.2 Å². The van der Waals surface area contributed by atoms with Crippen molar-refractivity contribution in [1.82, 2.24) is 9.97 Å². The molecule has 96 valence electrons. The maximum absolute atomic E-state index is 4.43. The molecule has 2 aromatic rings. The summed E-state index contributed by atoms with van der Waals surface area (Å²) in [5.41, 5.74) is 3.41. The Morgan fingerprint density at radius 3 is 2.72 bits per heavy atom. The number of aromatic nitrogens is 2. The summed E-state index contributed by atoms with van der Waals surface area (Å²) in [5, 5.41) is 3.67. The molecule has 1 aliphatic rings. The molecule has 0 radical (unpaired) electrons. The number of nitrogens with one attached hydrogen (secondary N) is 2. The molecular weight excluding hydrogens is 222 g/mol. The number of benzene rings is 1. The van der Waals surface area contributed by atoms with Crippen molar-refractivity contribution in [2.45, 2.75) is 51.5 Å². The van der Waals surface area contributed by atoms with Gasteiger partial charge in [-0.05, 0) is 38.0 Å². The van der Waals surface area contributed by atoms with Crippen molar-refractivity contribution in [3.63, 3.8) is 0 Å². The average Bonchev–Trinajstić information content (AvgIpc) is 2.56. The molecule has 3 nitrogen and oxygen atoms in total. The zero-order valence-electron chi connectivity index (χ0n) is 11.0. The highest BCUT2D eigenvalue weighted by Gasteiger charge is 2.12. The van der Waals surface area contributed by atoms with Crippen molar-refractivity contribution in [3.8, 4) is 0 Å². The minimum atomic E-state index is 0.647. The highest BCUT2D eigenvalue weighted by molar-refractivity contribution is 5.79. The number of hydrogen-bond donors (Lipinski definition) is 2. The van der Waals surface area contributed by atoms with Crippen LogP contribution < -0.4 is 5.32 Å². The molecule has 18 heavy (non-hydrogen) atoms. The van der Waals surface area contributed by atoms with Crippen LogP contribution in [0.1, 0.15) is 44.3 Å². The highest BCUT2D eigenvalue weighted by atomic mass is 14.9. The van der Waals surface area contributed by atoms with Crippen LogP contribution in [0.4, 0.5) is 5.69 Å². The number of aryl methyl sites for hydroxylation is 1. The number of nitrogens with zero attached hydrogens (tertiary/aromatic N) is 1. The second-order valence-electron chi connectivity index (χ2n) is 5.39. The van der Waals surface area contributed by atoms with E-state index in [1.807, 2.05) is 6.92 Å². The first-order chi connectivity index (χ1) is 8.81. The summed E-state index contributed by atoms with van der Waals surface area (Å²) < 4.78 is 0. The first kappa shape index (κ1) is 11.6. The molecule has 1 heterocycles. The molecule has 3 rings (SSSR count). The van der Waals surface area contributed by atoms with E-state index in [-0.39, 0.29) is 0 Å². The van der Waals surface area contributed by atoms with Crippen LogP contribution in [0.5, 0.6) is 0 Å². The quantitative estimate of drug-likeness (QED) is 0.782. The van der Waals surface area contributed by atoms with Crippen molar-refractivity contribution < 1.29 is 0 Å². The Bertz CT molecular complexity index is 522. The minimum absolute atomic E-state index is 0.647. The molecule has 2 N–H and O–H groups in total. The van der Waals surface area contributed by atoms with Gasteiger partial charge in [-0.2, -0.15) is 0 Å². The number of hydrogen-bond acceptors (Lipinski definition) is 2. The molecule has 0 aliphatic heterocycles. The largest absolute Gasteiger partial charge is 0.382 e. The van der Waals surface area contributed by atoms with Gasteiger partial charge in [-0.15, -0.1) is 0 Å². The zero-order chi connectivity index (χ0) is 12.4. The zero-order valence-corrected chi connectivity index (χ0v) is 11.0. The number of anilines is 1. The lowest BCUT2D eigenvalue weighted by molar-refractivity contribution is 0.620. The molecule has 1 saturated carbocycles. The predicted octanol–water partition coefficient (Wildman–Crippen LogP) is 4.01. The molecule has 0 atom stereocenters. The van der Waals surface area contributed by atoms with E-state index >= 15 is 0 Å². The van der Waals surface area contributed by atoms with Gasteiger partial charge in [-0.3, -0.25) is 0 Å². The van der Waals surface area contributed by atoms with Gasteiger partial charge in [0.15, 0.2) is 0 Å². The summed E-state index contributed by atoms with van der Waals surface area (Å²) in [7, 11) is 0. The number of H-pyrrole nitrogens is 1. The molecule has 1 aromatic heterocycles. The number of rotatable bonds is 2. The summed E-state index contributed by atoms with van der Waals surface area (Å²) in [5.74, 6) is 0.983. The first-order valence-electron chi connectivity index (χ1n) is 7.04. The Morgan fingerprint density at radius 1 is 1.17 bits per heavy atom. The van der Waals surface area contributed by atoms with Gasteiger partial charge < -0.3 is 10.3 Å². The maximum atomic E-state index is 4.43. The predicted molar refractivity (Wildman–Crippen MR) is 75.9 cm³/mol.